The number of furan rings is 1. The van der Waals surface area contributed by atoms with Crippen LogP contribution in [0.2, 0.25) is 25.1 Å². The van der Waals surface area contributed by atoms with Gasteiger partial charge in [0, 0.05) is 24.8 Å². The number of rotatable bonds is 6. The molecule has 6 nitrogen and oxygen atoms in total. The Morgan fingerprint density at radius 2 is 1.67 bits per heavy atom. The number of hydrogen-bond donors (Lipinski definition) is 1. The van der Waals surface area contributed by atoms with Gasteiger partial charge in [0.2, 0.25) is 0 Å². The van der Waals surface area contributed by atoms with Crippen LogP contribution in [0.3, 0.4) is 0 Å². The smallest absolute Gasteiger partial charge is 0.287 e. The Morgan fingerprint density at radius 3 is 2.23 bits per heavy atom. The zero-order valence-electron chi connectivity index (χ0n) is 16.1. The molecule has 0 aliphatic carbocycles. The molecule has 0 spiro atoms. The number of carbonyl (C=O) groups excluding carboxylic acids is 1. The van der Waals surface area contributed by atoms with Crippen LogP contribution in [0.4, 0.5) is 0 Å². The summed E-state index contributed by atoms with van der Waals surface area (Å²) < 4.78 is 12.9. The summed E-state index contributed by atoms with van der Waals surface area (Å²) in [7, 11) is 1.85. The summed E-state index contributed by atoms with van der Waals surface area (Å²) in [6, 6.07) is 3.15. The second-order valence-electron chi connectivity index (χ2n) is 6.41. The van der Waals surface area contributed by atoms with E-state index in [1.165, 1.54) is 0 Å². The second kappa shape index (κ2) is 9.28. The van der Waals surface area contributed by atoms with Gasteiger partial charge >= 0.3 is 0 Å². The minimum atomic E-state index is -0.363. The van der Waals surface area contributed by atoms with Crippen molar-refractivity contribution in [2.75, 3.05) is 0 Å². The fourth-order valence-electron chi connectivity index (χ4n) is 2.76. The minimum absolute atomic E-state index is 0.0304. The highest BCUT2D eigenvalue weighted by molar-refractivity contribution is 6.55. The van der Waals surface area contributed by atoms with Gasteiger partial charge in [-0.1, -0.05) is 58.0 Å². The highest BCUT2D eigenvalue weighted by Gasteiger charge is 2.21. The summed E-state index contributed by atoms with van der Waals surface area (Å²) in [6.45, 7) is 4.11. The number of nitrogens with zero attached hydrogens (tertiary/aromatic N) is 2. The van der Waals surface area contributed by atoms with Crippen molar-refractivity contribution < 1.29 is 13.9 Å². The molecule has 0 radical (unpaired) electrons. The molecule has 3 aromatic rings. The Morgan fingerprint density at radius 1 is 1.07 bits per heavy atom. The summed E-state index contributed by atoms with van der Waals surface area (Å²) in [4.78, 5) is 12.4. The molecule has 11 heteroatoms. The van der Waals surface area contributed by atoms with Crippen LogP contribution in [0.1, 0.15) is 33.3 Å². The standard InChI is InChI=1S/C19H16Cl5N3O3/c1-8-11(9(2)27(3)26-8)6-25-19(28)12-5-4-10(30-12)7-29-18-16(23)14(21)13(20)15(22)17(18)24/h4-5H,6-7H2,1-3H3,(H,25,28). The lowest BCUT2D eigenvalue weighted by atomic mass is 10.2. The van der Waals surface area contributed by atoms with Crippen molar-refractivity contribution in [1.82, 2.24) is 15.1 Å². The van der Waals surface area contributed by atoms with Gasteiger partial charge in [-0.25, -0.2) is 0 Å². The molecule has 0 bridgehead atoms. The molecular weight excluding hydrogens is 495 g/mol. The molecule has 0 saturated heterocycles. The predicted molar refractivity (Wildman–Crippen MR) is 118 cm³/mol. The average Bonchev–Trinajstić information content (AvgIpc) is 3.28. The Labute approximate surface area is 197 Å². The van der Waals surface area contributed by atoms with E-state index in [1.807, 2.05) is 20.9 Å². The van der Waals surface area contributed by atoms with Crippen molar-refractivity contribution in [1.29, 1.82) is 0 Å². The number of nitrogens with one attached hydrogen (secondary N) is 1. The fourth-order valence-corrected chi connectivity index (χ4v) is 3.99. The molecule has 0 aliphatic rings. The molecule has 0 unspecified atom stereocenters. The van der Waals surface area contributed by atoms with Crippen molar-refractivity contribution in [3.05, 3.63) is 65.7 Å². The minimum Gasteiger partial charge on any atom is -0.482 e. The molecule has 160 valence electrons. The van der Waals surface area contributed by atoms with Crippen molar-refractivity contribution in [3.63, 3.8) is 0 Å². The first kappa shape index (κ1) is 23.1. The molecule has 0 aliphatic heterocycles. The molecule has 2 heterocycles. The summed E-state index contributed by atoms with van der Waals surface area (Å²) in [5.74, 6) is 0.223. The monoisotopic (exact) mass is 509 g/mol. The van der Waals surface area contributed by atoms with Gasteiger partial charge in [0.25, 0.3) is 5.91 Å². The Bertz CT molecular complexity index is 1090. The van der Waals surface area contributed by atoms with Gasteiger partial charge in [0.15, 0.2) is 11.5 Å². The normalized spacial score (nSPS) is 11.1. The van der Waals surface area contributed by atoms with Crippen LogP contribution in [-0.4, -0.2) is 15.7 Å². The number of carbonyl (C=O) groups is 1. The molecular formula is C19H16Cl5N3O3. The lowest BCUT2D eigenvalue weighted by molar-refractivity contribution is 0.0919. The zero-order chi connectivity index (χ0) is 22.2. The van der Waals surface area contributed by atoms with Crippen LogP contribution in [-0.2, 0) is 20.2 Å². The Hall–Kier alpha value is -1.57. The van der Waals surface area contributed by atoms with Gasteiger partial charge in [0.1, 0.15) is 22.4 Å². The van der Waals surface area contributed by atoms with Crippen LogP contribution in [0, 0.1) is 13.8 Å². The van der Waals surface area contributed by atoms with Crippen LogP contribution in [0.5, 0.6) is 5.75 Å². The molecule has 3 rings (SSSR count). The van der Waals surface area contributed by atoms with E-state index in [0.717, 1.165) is 17.0 Å². The van der Waals surface area contributed by atoms with Crippen LogP contribution < -0.4 is 10.1 Å². The first-order valence-corrected chi connectivity index (χ1v) is 10.5. The predicted octanol–water partition coefficient (Wildman–Crippen LogP) is 6.41. The number of ether oxygens (including phenoxy) is 1. The molecule has 1 amide bonds. The van der Waals surface area contributed by atoms with Crippen molar-refractivity contribution >= 4 is 63.9 Å². The number of aromatic nitrogens is 2. The van der Waals surface area contributed by atoms with Crippen LogP contribution in [0.25, 0.3) is 0 Å². The van der Waals surface area contributed by atoms with Gasteiger partial charge in [-0.3, -0.25) is 9.48 Å². The van der Waals surface area contributed by atoms with Crippen molar-refractivity contribution in [2.24, 2.45) is 7.05 Å². The van der Waals surface area contributed by atoms with Gasteiger partial charge in [0.05, 0.1) is 20.8 Å². The van der Waals surface area contributed by atoms with E-state index >= 15 is 0 Å². The second-order valence-corrected chi connectivity index (χ2v) is 8.30. The van der Waals surface area contributed by atoms with Crippen molar-refractivity contribution in [2.45, 2.75) is 27.0 Å². The van der Waals surface area contributed by atoms with Gasteiger partial charge < -0.3 is 14.5 Å². The topological polar surface area (TPSA) is 69.3 Å². The number of aryl methyl sites for hydroxylation is 2. The first-order chi connectivity index (χ1) is 14.1. The lowest BCUT2D eigenvalue weighted by Gasteiger charge is -2.12. The summed E-state index contributed by atoms with van der Waals surface area (Å²) >= 11 is 30.3. The maximum absolute atomic E-state index is 12.4. The maximum atomic E-state index is 12.4. The zero-order valence-corrected chi connectivity index (χ0v) is 19.9. The number of benzene rings is 1. The maximum Gasteiger partial charge on any atom is 0.287 e. The van der Waals surface area contributed by atoms with E-state index in [0.29, 0.717) is 12.3 Å². The van der Waals surface area contributed by atoms with E-state index in [2.05, 4.69) is 10.4 Å². The highest BCUT2D eigenvalue weighted by atomic mass is 35.5. The lowest BCUT2D eigenvalue weighted by Crippen LogP contribution is -2.23. The molecule has 1 aromatic carbocycles. The number of halogens is 5. The van der Waals surface area contributed by atoms with Crippen LogP contribution >= 0.6 is 58.0 Å². The SMILES string of the molecule is Cc1nn(C)c(C)c1CNC(=O)c1ccc(COc2c(Cl)c(Cl)c(Cl)c(Cl)c2Cl)o1. The highest BCUT2D eigenvalue weighted by Crippen LogP contribution is 2.48. The molecule has 0 fully saturated rings. The Kier molecular flexibility index (Phi) is 7.15. The van der Waals surface area contributed by atoms with E-state index < -0.39 is 0 Å². The third kappa shape index (κ3) is 4.53. The van der Waals surface area contributed by atoms with E-state index in [1.54, 1.807) is 16.8 Å². The summed E-state index contributed by atoms with van der Waals surface area (Å²) in [6.07, 6.45) is 0. The van der Waals surface area contributed by atoms with Gasteiger partial charge in [-0.2, -0.15) is 5.10 Å². The number of hydrogen-bond acceptors (Lipinski definition) is 4. The fraction of sp³-hybridized carbons (Fsp3) is 0.263. The van der Waals surface area contributed by atoms with E-state index in [9.17, 15) is 4.79 Å². The summed E-state index contributed by atoms with van der Waals surface area (Å²) in [5, 5.41) is 7.31. The molecule has 0 saturated carbocycles. The average molecular weight is 512 g/mol. The summed E-state index contributed by atoms with van der Waals surface area (Å²) in [5.41, 5.74) is 2.80. The molecule has 0 atom stereocenters. The molecule has 1 N–H and O–H groups in total. The third-order valence-electron chi connectivity index (χ3n) is 4.50. The largest absolute Gasteiger partial charge is 0.482 e. The van der Waals surface area contributed by atoms with Crippen LogP contribution in [0.15, 0.2) is 16.5 Å². The molecule has 2 aromatic heterocycles. The van der Waals surface area contributed by atoms with E-state index in [4.69, 9.17) is 67.2 Å². The van der Waals surface area contributed by atoms with Crippen molar-refractivity contribution in [3.8, 4) is 5.75 Å². The van der Waals surface area contributed by atoms with Gasteiger partial charge in [-0.15, -0.1) is 0 Å². The molecule has 30 heavy (non-hydrogen) atoms. The Balaban J connectivity index is 1.66. The third-order valence-corrected chi connectivity index (χ3v) is 6.74. The van der Waals surface area contributed by atoms with Gasteiger partial charge in [-0.05, 0) is 26.0 Å². The van der Waals surface area contributed by atoms with E-state index in [-0.39, 0.29) is 49.1 Å². The number of amides is 1. The first-order valence-electron chi connectivity index (χ1n) is 8.62. The quantitative estimate of drug-likeness (QED) is 0.307.